The van der Waals surface area contributed by atoms with Crippen LogP contribution >= 0.6 is 0 Å². The first-order valence-corrected chi connectivity index (χ1v) is 22.6. The van der Waals surface area contributed by atoms with Gasteiger partial charge in [0.25, 0.3) is 0 Å². The molecule has 0 aromatic rings. The molecule has 0 saturated carbocycles. The van der Waals surface area contributed by atoms with Crippen molar-refractivity contribution in [3.63, 3.8) is 0 Å². The molecule has 5 aliphatic rings. The second kappa shape index (κ2) is 15.9. The van der Waals surface area contributed by atoms with Crippen molar-refractivity contribution in [1.29, 1.82) is 0 Å². The van der Waals surface area contributed by atoms with Crippen molar-refractivity contribution in [2.45, 2.75) is 167 Å². The van der Waals surface area contributed by atoms with E-state index in [0.717, 1.165) is 19.3 Å². The summed E-state index contributed by atoms with van der Waals surface area (Å²) in [6.07, 6.45) is 12.1. The first-order valence-electron chi connectivity index (χ1n) is 19.7. The van der Waals surface area contributed by atoms with Gasteiger partial charge in [-0.3, -0.25) is 9.59 Å². The van der Waals surface area contributed by atoms with E-state index in [0.29, 0.717) is 36.3 Å². The van der Waals surface area contributed by atoms with Crippen LogP contribution in [0.25, 0.3) is 0 Å². The van der Waals surface area contributed by atoms with Gasteiger partial charge in [-0.05, 0) is 80.1 Å². The van der Waals surface area contributed by atoms with Crippen LogP contribution in [0, 0.1) is 23.7 Å². The van der Waals surface area contributed by atoms with E-state index in [1.54, 1.807) is 6.08 Å². The SMILES string of the molecule is C/C1=C\C[C@@H]2C[C@@H](C[C@]3(CC[C@H](C)[C@@H](C)O3)O2)OC(=O)[C@@H]2C=C(COC(=O)CC(C)C)[C@@H](O[Si](C)(C)C(C)(C)C)[C@H]3OC/C(=C\C=C\[C@H](C)C1)[C@]32O. The molecule has 52 heavy (non-hydrogen) atoms. The molecule has 2 bridgehead atoms. The van der Waals surface area contributed by atoms with Gasteiger partial charge in [-0.2, -0.15) is 0 Å². The van der Waals surface area contributed by atoms with E-state index >= 15 is 0 Å². The first-order chi connectivity index (χ1) is 24.2. The molecule has 0 radical (unpaired) electrons. The van der Waals surface area contributed by atoms with E-state index < -0.39 is 49.9 Å². The predicted octanol–water partition coefficient (Wildman–Crippen LogP) is 8.13. The molecule has 1 spiro atoms. The van der Waals surface area contributed by atoms with Crippen LogP contribution in [0.4, 0.5) is 0 Å². The molecular formula is C42H66O9Si. The Kier molecular flexibility index (Phi) is 12.6. The maximum absolute atomic E-state index is 14.7. The van der Waals surface area contributed by atoms with Gasteiger partial charge in [0.05, 0.1) is 24.9 Å². The third-order valence-corrected chi connectivity index (χ3v) is 16.8. The Morgan fingerprint density at radius 3 is 2.54 bits per heavy atom. The number of carbonyl (C=O) groups excluding carboxylic acids is 2. The molecule has 3 fully saturated rings. The topological polar surface area (TPSA) is 110 Å². The van der Waals surface area contributed by atoms with Crippen LogP contribution in [-0.4, -0.2) is 80.5 Å². The molecule has 292 valence electrons. The minimum atomic E-state index is -2.46. The Balaban J connectivity index is 1.59. The summed E-state index contributed by atoms with van der Waals surface area (Å²) in [4.78, 5) is 27.5. The van der Waals surface area contributed by atoms with Crippen molar-refractivity contribution in [2.24, 2.45) is 23.7 Å². The van der Waals surface area contributed by atoms with Crippen LogP contribution in [0.15, 0.2) is 47.1 Å². The molecule has 9 nitrogen and oxygen atoms in total. The molecule has 10 heteroatoms. The zero-order chi connectivity index (χ0) is 38.2. The Bertz CT molecular complexity index is 1440. The van der Waals surface area contributed by atoms with Crippen molar-refractivity contribution in [3.05, 3.63) is 47.1 Å². The Hall–Kier alpha value is -2.08. The number of fused-ring (bicyclic) bond motifs is 2. The molecule has 0 unspecified atom stereocenters. The molecule has 0 amide bonds. The minimum Gasteiger partial charge on any atom is -0.462 e. The van der Waals surface area contributed by atoms with Gasteiger partial charge in [-0.25, -0.2) is 0 Å². The van der Waals surface area contributed by atoms with Gasteiger partial charge in [0.1, 0.15) is 30.3 Å². The minimum absolute atomic E-state index is 0.0107. The van der Waals surface area contributed by atoms with Gasteiger partial charge >= 0.3 is 11.9 Å². The summed E-state index contributed by atoms with van der Waals surface area (Å²) in [6, 6.07) is 0. The van der Waals surface area contributed by atoms with Crippen LogP contribution < -0.4 is 0 Å². The highest BCUT2D eigenvalue weighted by Crippen LogP contribution is 2.50. The largest absolute Gasteiger partial charge is 0.462 e. The van der Waals surface area contributed by atoms with E-state index in [1.807, 2.05) is 26.0 Å². The molecule has 10 atom stereocenters. The first kappa shape index (κ1) is 41.1. The van der Waals surface area contributed by atoms with Gasteiger partial charge in [0, 0.05) is 25.7 Å². The fourth-order valence-corrected chi connectivity index (χ4v) is 9.32. The van der Waals surface area contributed by atoms with Crippen molar-refractivity contribution in [1.82, 2.24) is 0 Å². The third-order valence-electron chi connectivity index (χ3n) is 12.3. The number of rotatable bonds is 6. The summed E-state index contributed by atoms with van der Waals surface area (Å²) in [5.41, 5.74) is 0.730. The Morgan fingerprint density at radius 2 is 1.87 bits per heavy atom. The highest BCUT2D eigenvalue weighted by Gasteiger charge is 2.62. The van der Waals surface area contributed by atoms with Crippen molar-refractivity contribution >= 4 is 20.3 Å². The Labute approximate surface area is 313 Å². The molecule has 1 N–H and O–H groups in total. The highest BCUT2D eigenvalue weighted by molar-refractivity contribution is 6.74. The zero-order valence-electron chi connectivity index (χ0n) is 33.7. The van der Waals surface area contributed by atoms with Crippen LogP contribution in [0.2, 0.25) is 18.1 Å². The molecule has 0 aromatic carbocycles. The number of hydrogen-bond acceptors (Lipinski definition) is 9. The maximum Gasteiger partial charge on any atom is 0.316 e. The fourth-order valence-electron chi connectivity index (χ4n) is 8.06. The van der Waals surface area contributed by atoms with E-state index in [-0.39, 0.29) is 54.7 Å². The smallest absolute Gasteiger partial charge is 0.316 e. The number of hydrogen-bond donors (Lipinski definition) is 1. The molecule has 1 aliphatic carbocycles. The summed E-state index contributed by atoms with van der Waals surface area (Å²) < 4.78 is 39.2. The zero-order valence-corrected chi connectivity index (χ0v) is 34.7. The molecule has 3 saturated heterocycles. The summed E-state index contributed by atoms with van der Waals surface area (Å²) in [5, 5.41) is 12.8. The number of allylic oxidation sites excluding steroid dienone is 4. The van der Waals surface area contributed by atoms with Crippen LogP contribution in [0.1, 0.15) is 107 Å². The van der Waals surface area contributed by atoms with Crippen molar-refractivity contribution < 1.29 is 42.8 Å². The van der Waals surface area contributed by atoms with Crippen molar-refractivity contribution in [2.75, 3.05) is 13.2 Å². The molecule has 0 aromatic heterocycles. The summed E-state index contributed by atoms with van der Waals surface area (Å²) in [7, 11) is -2.46. The quantitative estimate of drug-likeness (QED) is 0.164. The number of esters is 2. The predicted molar refractivity (Wildman–Crippen MR) is 204 cm³/mol. The fraction of sp³-hybridized carbons (Fsp3) is 0.762. The second-order valence-corrected chi connectivity index (χ2v) is 23.1. The monoisotopic (exact) mass is 742 g/mol. The van der Waals surface area contributed by atoms with E-state index in [9.17, 15) is 14.7 Å². The lowest BCUT2D eigenvalue weighted by molar-refractivity contribution is -0.332. The van der Waals surface area contributed by atoms with Gasteiger partial charge in [0.2, 0.25) is 0 Å². The lowest BCUT2D eigenvalue weighted by atomic mass is 9.70. The van der Waals surface area contributed by atoms with E-state index in [2.05, 4.69) is 73.7 Å². The van der Waals surface area contributed by atoms with Gasteiger partial charge in [0.15, 0.2) is 14.1 Å². The lowest BCUT2D eigenvalue weighted by Gasteiger charge is -2.50. The molecule has 5 rings (SSSR count). The van der Waals surface area contributed by atoms with Gasteiger partial charge in [-0.1, -0.05) is 84.4 Å². The van der Waals surface area contributed by atoms with Crippen LogP contribution in [0.3, 0.4) is 0 Å². The number of carbonyl (C=O) groups is 2. The summed E-state index contributed by atoms with van der Waals surface area (Å²) in [5.74, 6) is -2.05. The number of aliphatic hydroxyl groups is 1. The highest BCUT2D eigenvalue weighted by atomic mass is 28.4. The van der Waals surface area contributed by atoms with E-state index in [4.69, 9.17) is 28.1 Å². The standard InChI is InChI=1S/C42H66O9Si/c1-26(2)19-36(43)46-24-31-21-35-39(44)48-34-22-33(50-41(23-34)18-17-29(5)30(6)49-41)16-15-28(4)20-27(3)13-12-14-32-25-47-38(42(32,35)45)37(31)51-52(10,11)40(7,8)9/h12-15,21,26-27,29-30,33-35,37-38,45H,16-20,22-25H2,1-11H3/b13-12+,28-15+,32-14+/t27-,29-,30+,33+,34-,35-,37+,38+,41-,42+/m0/s1. The summed E-state index contributed by atoms with van der Waals surface area (Å²) >= 11 is 0. The number of ether oxygens (including phenoxy) is 5. The molecule has 4 heterocycles. The average Bonchev–Trinajstić information content (AvgIpc) is 3.36. The summed E-state index contributed by atoms with van der Waals surface area (Å²) in [6.45, 7) is 23.4. The molecular weight excluding hydrogens is 677 g/mol. The van der Waals surface area contributed by atoms with Crippen LogP contribution in [-0.2, 0) is 37.7 Å². The van der Waals surface area contributed by atoms with Gasteiger partial charge in [-0.15, -0.1) is 0 Å². The maximum atomic E-state index is 14.7. The second-order valence-electron chi connectivity index (χ2n) is 18.4. The van der Waals surface area contributed by atoms with Crippen LogP contribution in [0.5, 0.6) is 0 Å². The Morgan fingerprint density at radius 1 is 1.13 bits per heavy atom. The van der Waals surface area contributed by atoms with Crippen molar-refractivity contribution in [3.8, 4) is 0 Å². The lowest BCUT2D eigenvalue weighted by Crippen LogP contribution is -2.61. The normalized spacial score (nSPS) is 40.2. The molecule has 4 aliphatic heterocycles. The third kappa shape index (κ3) is 9.06. The average molecular weight is 743 g/mol. The van der Waals surface area contributed by atoms with E-state index in [1.165, 1.54) is 5.57 Å². The van der Waals surface area contributed by atoms with Gasteiger partial charge < -0.3 is 33.2 Å².